The summed E-state index contributed by atoms with van der Waals surface area (Å²) in [6.07, 6.45) is 10.4. The van der Waals surface area contributed by atoms with E-state index in [1.807, 2.05) is 12.3 Å². The van der Waals surface area contributed by atoms with Crippen LogP contribution in [0.3, 0.4) is 0 Å². The molecule has 2 aromatic rings. The van der Waals surface area contributed by atoms with Gasteiger partial charge in [-0.1, -0.05) is 6.92 Å². The lowest BCUT2D eigenvalue weighted by Gasteiger charge is -2.16. The summed E-state index contributed by atoms with van der Waals surface area (Å²) in [7, 11) is 0. The Hall–Kier alpha value is -2.45. The standard InChI is InChI=1S/C7H8N2.C6H5N3OS.C6H12O/c1-2-6-7(8-4-1)3-5-9-6;10-3-6-9-2-1-7-4-8-5-11-6;1-6-2-4-7-5-3-6/h1-2,4,9H,3,5H2;1-5H;6H,2-5H2,1H3. The van der Waals surface area contributed by atoms with Crippen molar-refractivity contribution in [3.05, 3.63) is 53.3 Å². The van der Waals surface area contributed by atoms with Crippen LogP contribution in [0.2, 0.25) is 0 Å². The van der Waals surface area contributed by atoms with E-state index < -0.39 is 0 Å². The minimum atomic E-state index is 0.371. The quantitative estimate of drug-likeness (QED) is 0.750. The highest BCUT2D eigenvalue weighted by molar-refractivity contribution is 7.10. The second-order valence-corrected chi connectivity index (χ2v) is 6.85. The molecule has 0 bridgehead atoms. The fourth-order valence-electron chi connectivity index (χ4n) is 2.35. The number of hydrogen-bond donors (Lipinski definition) is 1. The van der Waals surface area contributed by atoms with Crippen LogP contribution in [-0.2, 0) is 11.2 Å². The van der Waals surface area contributed by atoms with Gasteiger partial charge in [-0.2, -0.15) is 0 Å². The summed E-state index contributed by atoms with van der Waals surface area (Å²) in [5.74, 6) is 0.911. The van der Waals surface area contributed by atoms with Crippen molar-refractivity contribution in [3.63, 3.8) is 0 Å². The number of nitrogens with one attached hydrogen (secondary N) is 1. The van der Waals surface area contributed by atoms with Crippen LogP contribution in [0.15, 0.2) is 42.6 Å². The molecule has 8 heteroatoms. The van der Waals surface area contributed by atoms with Crippen LogP contribution in [0.1, 0.15) is 35.3 Å². The Bertz CT molecular complexity index is 686. The smallest absolute Gasteiger partial charge is 0.178 e. The lowest BCUT2D eigenvalue weighted by molar-refractivity contribution is 0.0716. The van der Waals surface area contributed by atoms with Gasteiger partial charge in [-0.15, -0.1) is 11.3 Å². The van der Waals surface area contributed by atoms with Crippen molar-refractivity contribution in [2.45, 2.75) is 26.2 Å². The van der Waals surface area contributed by atoms with Crippen LogP contribution < -0.4 is 5.32 Å². The second-order valence-electron chi connectivity index (χ2n) is 5.99. The molecule has 2 aliphatic heterocycles. The van der Waals surface area contributed by atoms with Gasteiger partial charge in [-0.3, -0.25) is 9.78 Å². The summed E-state index contributed by atoms with van der Waals surface area (Å²) >= 11 is 1.16. The first-order valence-corrected chi connectivity index (χ1v) is 9.81. The van der Waals surface area contributed by atoms with Crippen molar-refractivity contribution in [2.75, 3.05) is 25.1 Å². The lowest BCUT2D eigenvalue weighted by Crippen LogP contribution is -2.12. The molecule has 7 nitrogen and oxygen atoms in total. The number of anilines is 1. The fraction of sp³-hybridized carbons (Fsp3) is 0.421. The Labute approximate surface area is 163 Å². The number of hydrogen-bond acceptors (Lipinski definition) is 8. The van der Waals surface area contributed by atoms with Crippen molar-refractivity contribution in [2.24, 2.45) is 5.92 Å². The van der Waals surface area contributed by atoms with Gasteiger partial charge in [0.1, 0.15) is 6.33 Å². The van der Waals surface area contributed by atoms with Crippen LogP contribution in [0, 0.1) is 5.92 Å². The number of fused-ring (bicyclic) bond motifs is 1. The molecule has 0 aliphatic carbocycles. The van der Waals surface area contributed by atoms with Crippen LogP contribution in [0.5, 0.6) is 0 Å². The minimum Gasteiger partial charge on any atom is -0.383 e. The third-order valence-electron chi connectivity index (χ3n) is 3.90. The average molecular weight is 388 g/mol. The van der Waals surface area contributed by atoms with Crippen molar-refractivity contribution in [3.8, 4) is 0 Å². The molecule has 0 saturated carbocycles. The maximum absolute atomic E-state index is 10.2. The molecule has 0 unspecified atom stereocenters. The molecule has 0 amide bonds. The number of aromatic nitrogens is 4. The van der Waals surface area contributed by atoms with Gasteiger partial charge >= 0.3 is 0 Å². The van der Waals surface area contributed by atoms with Crippen LogP contribution in [-0.4, -0.2) is 46.0 Å². The zero-order chi connectivity index (χ0) is 19.2. The van der Waals surface area contributed by atoms with Crippen molar-refractivity contribution in [1.82, 2.24) is 19.9 Å². The molecule has 1 saturated heterocycles. The lowest BCUT2D eigenvalue weighted by atomic mass is 10.0. The van der Waals surface area contributed by atoms with Gasteiger partial charge in [0, 0.05) is 44.8 Å². The molecule has 0 atom stereocenters. The Morgan fingerprint density at radius 3 is 2.74 bits per heavy atom. The largest absolute Gasteiger partial charge is 0.383 e. The number of ether oxygens (including phenoxy) is 1. The summed E-state index contributed by atoms with van der Waals surface area (Å²) in [4.78, 5) is 25.7. The van der Waals surface area contributed by atoms with E-state index in [0.29, 0.717) is 11.3 Å². The van der Waals surface area contributed by atoms with Gasteiger partial charge in [0.05, 0.1) is 16.9 Å². The van der Waals surface area contributed by atoms with Gasteiger partial charge < -0.3 is 10.1 Å². The van der Waals surface area contributed by atoms with E-state index in [2.05, 4.69) is 38.2 Å². The van der Waals surface area contributed by atoms with E-state index in [0.717, 1.165) is 43.4 Å². The predicted molar refractivity (Wildman–Crippen MR) is 106 cm³/mol. The number of carbonyl (C=O) groups is 1. The Balaban J connectivity index is 0.000000149. The monoisotopic (exact) mass is 387 g/mol. The first-order chi connectivity index (χ1) is 13.3. The van der Waals surface area contributed by atoms with E-state index >= 15 is 0 Å². The molecular weight excluding hydrogens is 362 g/mol. The van der Waals surface area contributed by atoms with E-state index in [4.69, 9.17) is 4.74 Å². The SMILES string of the molecule is CC1CCOCC1.O=Cc1nccncncs1.c1cnc2c(c1)NCC2. The van der Waals surface area contributed by atoms with Crippen LogP contribution in [0.4, 0.5) is 5.69 Å². The minimum absolute atomic E-state index is 0.371. The van der Waals surface area contributed by atoms with Crippen LogP contribution in [0.25, 0.3) is 0 Å². The van der Waals surface area contributed by atoms with E-state index in [1.54, 1.807) is 0 Å². The molecule has 0 spiro atoms. The summed E-state index contributed by atoms with van der Waals surface area (Å²) < 4.78 is 5.14. The third-order valence-corrected chi connectivity index (χ3v) is 4.57. The van der Waals surface area contributed by atoms with Gasteiger partial charge in [-0.05, 0) is 30.9 Å². The van der Waals surface area contributed by atoms with E-state index in [9.17, 15) is 4.79 Å². The zero-order valence-corrected chi connectivity index (χ0v) is 16.3. The number of rotatable bonds is 1. The first kappa shape index (κ1) is 20.9. The molecule has 2 aromatic heterocycles. The number of aldehydes is 1. The van der Waals surface area contributed by atoms with E-state index in [1.165, 1.54) is 48.5 Å². The van der Waals surface area contributed by atoms with Crippen LogP contribution >= 0.6 is 11.3 Å². The Morgan fingerprint density at radius 1 is 1.19 bits per heavy atom. The number of nitrogens with zero attached hydrogens (tertiary/aromatic N) is 4. The molecule has 4 heterocycles. The Kier molecular flexibility index (Phi) is 9.91. The number of carbonyl (C=O) groups excluding carboxylic acids is 1. The van der Waals surface area contributed by atoms with Crippen molar-refractivity contribution in [1.29, 1.82) is 0 Å². The maximum Gasteiger partial charge on any atom is 0.178 e. The third kappa shape index (κ3) is 8.65. The van der Waals surface area contributed by atoms with Gasteiger partial charge in [0.2, 0.25) is 0 Å². The van der Waals surface area contributed by atoms with Gasteiger partial charge in [0.25, 0.3) is 0 Å². The zero-order valence-electron chi connectivity index (χ0n) is 15.5. The summed E-state index contributed by atoms with van der Waals surface area (Å²) in [5.41, 5.74) is 3.92. The molecule has 0 aromatic carbocycles. The summed E-state index contributed by atoms with van der Waals surface area (Å²) in [6, 6.07) is 4.02. The van der Waals surface area contributed by atoms with Crippen molar-refractivity contribution < 1.29 is 9.53 Å². The summed E-state index contributed by atoms with van der Waals surface area (Å²) in [6.45, 7) is 5.30. The van der Waals surface area contributed by atoms with Crippen molar-refractivity contribution >= 4 is 23.3 Å². The highest BCUT2D eigenvalue weighted by atomic mass is 32.1. The maximum atomic E-state index is 10.2. The molecule has 1 fully saturated rings. The number of pyridine rings is 1. The molecule has 1 N–H and O–H groups in total. The topological polar surface area (TPSA) is 89.9 Å². The molecule has 4 rings (SSSR count). The molecule has 144 valence electrons. The highest BCUT2D eigenvalue weighted by Crippen LogP contribution is 2.17. The normalized spacial score (nSPS) is 14.9. The molecular formula is C19H25N5O2S. The Morgan fingerprint density at radius 2 is 2.04 bits per heavy atom. The van der Waals surface area contributed by atoms with Gasteiger partial charge in [-0.25, -0.2) is 15.0 Å². The fourth-order valence-corrected chi connectivity index (χ4v) is 2.75. The van der Waals surface area contributed by atoms with E-state index in [-0.39, 0.29) is 0 Å². The average Bonchev–Trinajstić information content (AvgIpc) is 3.22. The summed E-state index contributed by atoms with van der Waals surface area (Å²) in [5, 5.41) is 3.61. The predicted octanol–water partition coefficient (Wildman–Crippen LogP) is 3.35. The molecule has 0 radical (unpaired) electrons. The highest BCUT2D eigenvalue weighted by Gasteiger charge is 2.08. The first-order valence-electron chi connectivity index (χ1n) is 8.93. The second kappa shape index (κ2) is 12.8. The van der Waals surface area contributed by atoms with Gasteiger partial charge in [0.15, 0.2) is 11.3 Å². The molecule has 27 heavy (non-hydrogen) atoms. The molecule has 2 aliphatic rings.